The Morgan fingerprint density at radius 3 is 2.95 bits per heavy atom. The number of aromatic nitrogens is 3. The SMILES string of the molecule is C[C@@H](Sc1nnc(-c2cccs2)n1C1CC1)C(N)=O. The number of hydrogen-bond acceptors (Lipinski definition) is 5. The van der Waals surface area contributed by atoms with Crippen molar-refractivity contribution in [1.29, 1.82) is 0 Å². The zero-order valence-corrected chi connectivity index (χ0v) is 12.1. The van der Waals surface area contributed by atoms with Crippen molar-refractivity contribution < 1.29 is 4.79 Å². The van der Waals surface area contributed by atoms with Crippen molar-refractivity contribution in [3.05, 3.63) is 17.5 Å². The minimum Gasteiger partial charge on any atom is -0.369 e. The molecule has 2 N–H and O–H groups in total. The number of rotatable bonds is 5. The largest absolute Gasteiger partial charge is 0.369 e. The Hall–Kier alpha value is -1.34. The number of carbonyl (C=O) groups excluding carboxylic acids is 1. The second-order valence-corrected chi connectivity index (χ2v) is 6.80. The van der Waals surface area contributed by atoms with Crippen LogP contribution in [0.5, 0.6) is 0 Å². The van der Waals surface area contributed by atoms with E-state index in [2.05, 4.69) is 14.8 Å². The number of hydrogen-bond donors (Lipinski definition) is 1. The van der Waals surface area contributed by atoms with Gasteiger partial charge in [0.2, 0.25) is 5.91 Å². The van der Waals surface area contributed by atoms with Gasteiger partial charge in [-0.3, -0.25) is 9.36 Å². The van der Waals surface area contributed by atoms with Crippen LogP contribution in [0.3, 0.4) is 0 Å². The van der Waals surface area contributed by atoms with Crippen LogP contribution in [0.2, 0.25) is 0 Å². The minimum atomic E-state index is -0.326. The summed E-state index contributed by atoms with van der Waals surface area (Å²) in [5.41, 5.74) is 5.31. The van der Waals surface area contributed by atoms with Gasteiger partial charge in [-0.1, -0.05) is 17.8 Å². The van der Waals surface area contributed by atoms with Crippen LogP contribution >= 0.6 is 23.1 Å². The van der Waals surface area contributed by atoms with Gasteiger partial charge in [0.05, 0.1) is 10.1 Å². The lowest BCUT2D eigenvalue weighted by molar-refractivity contribution is -0.117. The first-order valence-corrected chi connectivity index (χ1v) is 7.87. The average molecular weight is 294 g/mol. The standard InChI is InChI=1S/C12H14N4OS2/c1-7(10(13)17)19-12-15-14-11(9-3-2-6-18-9)16(12)8-4-5-8/h2-3,6-8H,4-5H2,1H3,(H2,13,17)/t7-/m1/s1. The summed E-state index contributed by atoms with van der Waals surface area (Å²) in [7, 11) is 0. The fourth-order valence-electron chi connectivity index (χ4n) is 1.81. The molecule has 2 aromatic rings. The van der Waals surface area contributed by atoms with Crippen molar-refractivity contribution in [3.8, 4) is 10.7 Å². The van der Waals surface area contributed by atoms with Crippen molar-refractivity contribution in [2.24, 2.45) is 5.73 Å². The van der Waals surface area contributed by atoms with Gasteiger partial charge in [0.1, 0.15) is 0 Å². The van der Waals surface area contributed by atoms with Gasteiger partial charge in [-0.15, -0.1) is 21.5 Å². The molecular weight excluding hydrogens is 280 g/mol. The Labute approximate surface area is 119 Å². The number of primary amides is 1. The second kappa shape index (κ2) is 4.97. The molecule has 0 aromatic carbocycles. The van der Waals surface area contributed by atoms with Crippen molar-refractivity contribution in [2.45, 2.75) is 36.2 Å². The molecule has 0 aliphatic heterocycles. The van der Waals surface area contributed by atoms with Crippen LogP contribution in [0, 0.1) is 0 Å². The van der Waals surface area contributed by atoms with Gasteiger partial charge in [0, 0.05) is 6.04 Å². The number of nitrogens with two attached hydrogens (primary N) is 1. The fraction of sp³-hybridized carbons (Fsp3) is 0.417. The van der Waals surface area contributed by atoms with E-state index in [1.165, 1.54) is 11.8 Å². The highest BCUT2D eigenvalue weighted by atomic mass is 32.2. The van der Waals surface area contributed by atoms with E-state index in [9.17, 15) is 4.79 Å². The molecule has 0 saturated heterocycles. The van der Waals surface area contributed by atoms with Gasteiger partial charge in [0.15, 0.2) is 11.0 Å². The molecule has 0 spiro atoms. The minimum absolute atomic E-state index is 0.294. The maximum Gasteiger partial charge on any atom is 0.230 e. The molecule has 1 atom stereocenters. The number of thiophene rings is 1. The molecule has 2 heterocycles. The molecule has 3 rings (SSSR count). The molecule has 1 fully saturated rings. The Morgan fingerprint density at radius 2 is 2.37 bits per heavy atom. The Morgan fingerprint density at radius 1 is 1.58 bits per heavy atom. The molecule has 1 aliphatic carbocycles. The highest BCUT2D eigenvalue weighted by molar-refractivity contribution is 8.00. The Bertz CT molecular complexity index is 589. The summed E-state index contributed by atoms with van der Waals surface area (Å²) in [6.45, 7) is 1.80. The van der Waals surface area contributed by atoms with Gasteiger partial charge in [-0.25, -0.2) is 0 Å². The predicted molar refractivity (Wildman–Crippen MR) is 76.1 cm³/mol. The Kier molecular flexibility index (Phi) is 3.32. The summed E-state index contributed by atoms with van der Waals surface area (Å²) < 4.78 is 2.15. The van der Waals surface area contributed by atoms with Gasteiger partial charge in [-0.05, 0) is 31.2 Å². The van der Waals surface area contributed by atoms with E-state index in [0.29, 0.717) is 6.04 Å². The molecule has 100 valence electrons. The van der Waals surface area contributed by atoms with Gasteiger partial charge in [0.25, 0.3) is 0 Å². The molecule has 1 amide bonds. The van der Waals surface area contributed by atoms with Crippen molar-refractivity contribution in [1.82, 2.24) is 14.8 Å². The number of carbonyl (C=O) groups is 1. The third kappa shape index (κ3) is 2.52. The number of nitrogens with zero attached hydrogens (tertiary/aromatic N) is 3. The van der Waals surface area contributed by atoms with E-state index in [1.807, 2.05) is 17.5 Å². The molecule has 1 saturated carbocycles. The van der Waals surface area contributed by atoms with Crippen LogP contribution in [0.25, 0.3) is 10.7 Å². The zero-order chi connectivity index (χ0) is 13.4. The third-order valence-electron chi connectivity index (χ3n) is 3.00. The summed E-state index contributed by atoms with van der Waals surface area (Å²) >= 11 is 3.03. The van der Waals surface area contributed by atoms with E-state index in [-0.39, 0.29) is 11.2 Å². The highest BCUT2D eigenvalue weighted by Crippen LogP contribution is 2.42. The topological polar surface area (TPSA) is 73.8 Å². The van der Waals surface area contributed by atoms with Crippen LogP contribution in [0.1, 0.15) is 25.8 Å². The first-order valence-electron chi connectivity index (χ1n) is 6.11. The van der Waals surface area contributed by atoms with Crippen LogP contribution in [-0.2, 0) is 4.79 Å². The van der Waals surface area contributed by atoms with Crippen molar-refractivity contribution in [2.75, 3.05) is 0 Å². The van der Waals surface area contributed by atoms with Crippen LogP contribution < -0.4 is 5.73 Å². The van der Waals surface area contributed by atoms with E-state index in [0.717, 1.165) is 28.7 Å². The molecule has 0 radical (unpaired) electrons. The lowest BCUT2D eigenvalue weighted by atomic mass is 10.4. The van der Waals surface area contributed by atoms with Gasteiger partial charge >= 0.3 is 0 Å². The smallest absolute Gasteiger partial charge is 0.230 e. The van der Waals surface area contributed by atoms with Crippen molar-refractivity contribution >= 4 is 29.0 Å². The Balaban J connectivity index is 1.95. The monoisotopic (exact) mass is 294 g/mol. The molecule has 2 aromatic heterocycles. The summed E-state index contributed by atoms with van der Waals surface area (Å²) in [5, 5.41) is 11.0. The summed E-state index contributed by atoms with van der Waals surface area (Å²) in [6, 6.07) is 4.51. The molecule has 1 aliphatic rings. The van der Waals surface area contributed by atoms with E-state index < -0.39 is 0 Å². The maximum absolute atomic E-state index is 11.2. The number of amides is 1. The fourth-order valence-corrected chi connectivity index (χ4v) is 3.38. The summed E-state index contributed by atoms with van der Waals surface area (Å²) in [6.07, 6.45) is 2.30. The van der Waals surface area contributed by atoms with Crippen LogP contribution in [-0.4, -0.2) is 25.9 Å². The van der Waals surface area contributed by atoms with Crippen LogP contribution in [0.4, 0.5) is 0 Å². The summed E-state index contributed by atoms with van der Waals surface area (Å²) in [5.74, 6) is 0.574. The first kappa shape index (κ1) is 12.7. The summed E-state index contributed by atoms with van der Waals surface area (Å²) in [4.78, 5) is 12.3. The van der Waals surface area contributed by atoms with Crippen molar-refractivity contribution in [3.63, 3.8) is 0 Å². The molecule has 7 heteroatoms. The maximum atomic E-state index is 11.2. The van der Waals surface area contributed by atoms with E-state index in [1.54, 1.807) is 18.3 Å². The number of thioether (sulfide) groups is 1. The first-order chi connectivity index (χ1) is 9.16. The lowest BCUT2D eigenvalue weighted by Crippen LogP contribution is -2.23. The molecule has 0 bridgehead atoms. The molecule has 19 heavy (non-hydrogen) atoms. The molecule has 0 unspecified atom stereocenters. The van der Waals surface area contributed by atoms with E-state index in [4.69, 9.17) is 5.73 Å². The van der Waals surface area contributed by atoms with Crippen LogP contribution in [0.15, 0.2) is 22.7 Å². The lowest BCUT2D eigenvalue weighted by Gasteiger charge is -2.09. The normalized spacial score (nSPS) is 16.5. The van der Waals surface area contributed by atoms with Gasteiger partial charge in [-0.2, -0.15) is 0 Å². The quantitative estimate of drug-likeness (QED) is 0.859. The second-order valence-electron chi connectivity index (χ2n) is 4.55. The van der Waals surface area contributed by atoms with E-state index >= 15 is 0 Å². The highest BCUT2D eigenvalue weighted by Gasteiger charge is 2.31. The predicted octanol–water partition coefficient (Wildman–Crippen LogP) is 2.31. The average Bonchev–Trinajstić information content (AvgIpc) is 2.91. The zero-order valence-electron chi connectivity index (χ0n) is 10.4. The molecular formula is C12H14N4OS2. The molecule has 5 nitrogen and oxygen atoms in total. The van der Waals surface area contributed by atoms with Gasteiger partial charge < -0.3 is 5.73 Å². The third-order valence-corrected chi connectivity index (χ3v) is 4.94.